The van der Waals surface area contributed by atoms with Crippen molar-refractivity contribution in [2.75, 3.05) is 34.4 Å². The highest BCUT2D eigenvalue weighted by molar-refractivity contribution is 5.98. The van der Waals surface area contributed by atoms with Gasteiger partial charge in [-0.2, -0.15) is 5.26 Å². The normalized spacial score (nSPS) is 12.0. The SMILES string of the molecule is COc1ccc(C(=O)NCCN(N)/C=C(\N)C(=O)NC(C#N)c2ccc(OC(F)(F)F)cc2)c(OC)c1OC. The van der Waals surface area contributed by atoms with Crippen molar-refractivity contribution in [2.45, 2.75) is 12.4 Å². The van der Waals surface area contributed by atoms with E-state index in [2.05, 4.69) is 15.4 Å². The first-order valence-corrected chi connectivity index (χ1v) is 11.1. The Kier molecular flexibility index (Phi) is 10.6. The summed E-state index contributed by atoms with van der Waals surface area (Å²) in [5.41, 5.74) is 5.79. The molecule has 2 rings (SSSR count). The molecule has 1 atom stereocenters. The summed E-state index contributed by atoms with van der Waals surface area (Å²) in [7, 11) is 4.23. The van der Waals surface area contributed by atoms with Gasteiger partial charge in [-0.25, -0.2) is 5.84 Å². The zero-order valence-corrected chi connectivity index (χ0v) is 21.2. The standard InChI is InChI=1S/C24H27F3N6O6/c1-36-19-9-8-16(20(37-2)21(19)38-3)22(34)31-10-11-33(30)13-17(29)23(35)32-18(12-28)14-4-6-15(7-5-14)39-24(25,26)27/h4-9,13,18H,10-11,29-30H2,1-3H3,(H,31,34)(H,32,35)/b17-13-. The van der Waals surface area contributed by atoms with E-state index in [-0.39, 0.29) is 41.4 Å². The number of methoxy groups -OCH3 is 3. The average molecular weight is 553 g/mol. The predicted molar refractivity (Wildman–Crippen MR) is 131 cm³/mol. The van der Waals surface area contributed by atoms with Crippen molar-refractivity contribution in [3.8, 4) is 29.1 Å². The van der Waals surface area contributed by atoms with Crippen molar-refractivity contribution in [3.63, 3.8) is 0 Å². The van der Waals surface area contributed by atoms with Crippen molar-refractivity contribution in [2.24, 2.45) is 11.6 Å². The lowest BCUT2D eigenvalue weighted by atomic mass is 10.1. The van der Waals surface area contributed by atoms with Crippen LogP contribution in [-0.4, -0.2) is 57.6 Å². The quantitative estimate of drug-likeness (QED) is 0.172. The third kappa shape index (κ3) is 8.61. The molecule has 0 spiro atoms. The number of alkyl halides is 3. The number of hydrogen-bond donors (Lipinski definition) is 4. The zero-order chi connectivity index (χ0) is 29.2. The number of carbonyl (C=O) groups excluding carboxylic acids is 2. The van der Waals surface area contributed by atoms with Crippen LogP contribution in [0.5, 0.6) is 23.0 Å². The Bertz CT molecular complexity index is 1230. The molecule has 0 aromatic heterocycles. The Balaban J connectivity index is 1.95. The van der Waals surface area contributed by atoms with Crippen molar-refractivity contribution in [3.05, 3.63) is 59.4 Å². The van der Waals surface area contributed by atoms with Crippen LogP contribution in [-0.2, 0) is 4.79 Å². The van der Waals surface area contributed by atoms with E-state index in [0.717, 1.165) is 23.3 Å². The lowest BCUT2D eigenvalue weighted by molar-refractivity contribution is -0.274. The van der Waals surface area contributed by atoms with E-state index >= 15 is 0 Å². The van der Waals surface area contributed by atoms with Gasteiger partial charge in [0.05, 0.1) is 39.5 Å². The first kappa shape index (κ1) is 30.4. The molecule has 210 valence electrons. The summed E-state index contributed by atoms with van der Waals surface area (Å²) in [4.78, 5) is 25.0. The van der Waals surface area contributed by atoms with Crippen LogP contribution in [0.4, 0.5) is 13.2 Å². The van der Waals surface area contributed by atoms with Crippen LogP contribution in [0.1, 0.15) is 22.0 Å². The fourth-order valence-electron chi connectivity index (χ4n) is 3.24. The van der Waals surface area contributed by atoms with E-state index in [1.54, 1.807) is 6.07 Å². The van der Waals surface area contributed by atoms with Gasteiger partial charge in [0, 0.05) is 12.7 Å². The first-order valence-electron chi connectivity index (χ1n) is 11.1. The lowest BCUT2D eigenvalue weighted by Crippen LogP contribution is -2.38. The Hall–Kier alpha value is -4.84. The fourth-order valence-corrected chi connectivity index (χ4v) is 3.24. The first-order chi connectivity index (χ1) is 18.4. The maximum atomic E-state index is 12.6. The number of amides is 2. The molecule has 39 heavy (non-hydrogen) atoms. The number of ether oxygens (including phenoxy) is 4. The molecule has 2 aromatic rings. The van der Waals surface area contributed by atoms with Gasteiger partial charge < -0.3 is 40.3 Å². The number of nitrogens with zero attached hydrogens (tertiary/aromatic N) is 2. The van der Waals surface area contributed by atoms with E-state index in [9.17, 15) is 28.0 Å². The minimum Gasteiger partial charge on any atom is -0.493 e. The van der Waals surface area contributed by atoms with Gasteiger partial charge in [-0.15, -0.1) is 13.2 Å². The number of nitrogens with one attached hydrogen (secondary N) is 2. The average Bonchev–Trinajstić information content (AvgIpc) is 2.89. The molecule has 1 unspecified atom stereocenters. The largest absolute Gasteiger partial charge is 0.573 e. The summed E-state index contributed by atoms with van der Waals surface area (Å²) in [5, 5.41) is 15.4. The molecule has 0 fully saturated rings. The van der Waals surface area contributed by atoms with Crippen LogP contribution in [0.25, 0.3) is 0 Å². The molecule has 2 amide bonds. The van der Waals surface area contributed by atoms with Gasteiger partial charge in [0.15, 0.2) is 11.5 Å². The molecule has 0 heterocycles. The van der Waals surface area contributed by atoms with Gasteiger partial charge in [0.1, 0.15) is 17.5 Å². The Morgan fingerprint density at radius 2 is 1.72 bits per heavy atom. The van der Waals surface area contributed by atoms with E-state index in [1.165, 1.54) is 39.5 Å². The molecule has 0 saturated carbocycles. The topological polar surface area (TPSA) is 174 Å². The van der Waals surface area contributed by atoms with Crippen LogP contribution >= 0.6 is 0 Å². The van der Waals surface area contributed by atoms with Gasteiger partial charge in [-0.1, -0.05) is 12.1 Å². The molecule has 0 aliphatic carbocycles. The van der Waals surface area contributed by atoms with Gasteiger partial charge in [-0.3, -0.25) is 9.59 Å². The van der Waals surface area contributed by atoms with E-state index in [0.29, 0.717) is 5.75 Å². The van der Waals surface area contributed by atoms with Crippen molar-refractivity contribution >= 4 is 11.8 Å². The molecule has 0 radical (unpaired) electrons. The Morgan fingerprint density at radius 3 is 2.26 bits per heavy atom. The Labute approximate surface area is 221 Å². The van der Waals surface area contributed by atoms with Crippen LogP contribution in [0.2, 0.25) is 0 Å². The van der Waals surface area contributed by atoms with Gasteiger partial charge in [-0.05, 0) is 29.8 Å². The number of hydrazine groups is 1. The molecule has 12 nitrogen and oxygen atoms in total. The second kappa shape index (κ2) is 13.6. The number of hydrogen-bond acceptors (Lipinski definition) is 10. The molecule has 0 aliphatic rings. The maximum absolute atomic E-state index is 12.6. The number of halogens is 3. The molecule has 0 saturated heterocycles. The molecular weight excluding hydrogens is 525 g/mol. The minimum atomic E-state index is -4.86. The highest BCUT2D eigenvalue weighted by atomic mass is 19.4. The second-order valence-corrected chi connectivity index (χ2v) is 7.61. The third-order valence-electron chi connectivity index (χ3n) is 5.02. The predicted octanol–water partition coefficient (Wildman–Crippen LogP) is 1.70. The van der Waals surface area contributed by atoms with E-state index in [1.807, 2.05) is 6.07 Å². The second-order valence-electron chi connectivity index (χ2n) is 7.61. The summed E-state index contributed by atoms with van der Waals surface area (Å²) >= 11 is 0. The molecule has 2 aromatic carbocycles. The summed E-state index contributed by atoms with van der Waals surface area (Å²) in [6.45, 7) is 0.0864. The van der Waals surface area contributed by atoms with Crippen LogP contribution in [0.15, 0.2) is 48.3 Å². The highest BCUT2D eigenvalue weighted by Gasteiger charge is 2.31. The smallest absolute Gasteiger partial charge is 0.493 e. The van der Waals surface area contributed by atoms with Gasteiger partial charge in [0.25, 0.3) is 11.8 Å². The third-order valence-corrected chi connectivity index (χ3v) is 5.02. The maximum Gasteiger partial charge on any atom is 0.573 e. The summed E-state index contributed by atoms with van der Waals surface area (Å²) in [6, 6.07) is 8.05. The van der Waals surface area contributed by atoms with Crippen LogP contribution in [0, 0.1) is 11.3 Å². The minimum absolute atomic E-state index is 0.0394. The van der Waals surface area contributed by atoms with Crippen LogP contribution < -0.4 is 41.2 Å². The lowest BCUT2D eigenvalue weighted by Gasteiger charge is -2.18. The summed E-state index contributed by atoms with van der Waals surface area (Å²) in [6.07, 6.45) is -3.77. The van der Waals surface area contributed by atoms with Crippen molar-refractivity contribution < 1.29 is 41.7 Å². The summed E-state index contributed by atoms with van der Waals surface area (Å²) in [5.74, 6) is 4.81. The molecular formula is C24H27F3N6O6. The highest BCUT2D eigenvalue weighted by Crippen LogP contribution is 2.39. The zero-order valence-electron chi connectivity index (χ0n) is 21.2. The number of rotatable bonds is 12. The monoisotopic (exact) mass is 552 g/mol. The molecule has 15 heteroatoms. The van der Waals surface area contributed by atoms with Gasteiger partial charge in [0.2, 0.25) is 5.75 Å². The number of nitriles is 1. The van der Waals surface area contributed by atoms with Crippen LogP contribution in [0.3, 0.4) is 0 Å². The summed E-state index contributed by atoms with van der Waals surface area (Å²) < 4.78 is 56.4. The van der Waals surface area contributed by atoms with Crippen molar-refractivity contribution in [1.82, 2.24) is 15.6 Å². The molecule has 0 aliphatic heterocycles. The number of benzene rings is 2. The fraction of sp³-hybridized carbons (Fsp3) is 0.292. The molecule has 6 N–H and O–H groups in total. The Morgan fingerprint density at radius 1 is 1.08 bits per heavy atom. The number of nitrogens with two attached hydrogens (primary N) is 2. The van der Waals surface area contributed by atoms with Gasteiger partial charge >= 0.3 is 6.36 Å². The van der Waals surface area contributed by atoms with E-state index in [4.69, 9.17) is 25.8 Å². The van der Waals surface area contributed by atoms with E-state index < -0.39 is 30.0 Å². The number of carbonyl (C=O) groups is 2. The molecule has 0 bridgehead atoms. The van der Waals surface area contributed by atoms with Crippen molar-refractivity contribution in [1.29, 1.82) is 5.26 Å².